The van der Waals surface area contributed by atoms with Crippen LogP contribution in [-0.2, 0) is 6.61 Å². The number of aryl methyl sites for hydroxylation is 1. The van der Waals surface area contributed by atoms with Gasteiger partial charge in [-0.1, -0.05) is 47.7 Å². The van der Waals surface area contributed by atoms with Crippen molar-refractivity contribution in [3.63, 3.8) is 0 Å². The highest BCUT2D eigenvalue weighted by Crippen LogP contribution is 2.33. The number of ether oxygens (including phenoxy) is 2. The van der Waals surface area contributed by atoms with Gasteiger partial charge >= 0.3 is 0 Å². The molecule has 8 nitrogen and oxygen atoms in total. The van der Waals surface area contributed by atoms with Crippen LogP contribution in [0.4, 0.5) is 5.69 Å². The third kappa shape index (κ3) is 4.46. The van der Waals surface area contributed by atoms with E-state index in [0.29, 0.717) is 40.1 Å². The number of nitrogens with one attached hydrogen (secondary N) is 1. The molecule has 9 heteroatoms. The van der Waals surface area contributed by atoms with Crippen molar-refractivity contribution in [2.45, 2.75) is 13.5 Å². The van der Waals surface area contributed by atoms with E-state index in [1.807, 2.05) is 55.5 Å². The van der Waals surface area contributed by atoms with Gasteiger partial charge in [0.1, 0.15) is 23.1 Å². The van der Waals surface area contributed by atoms with E-state index in [-0.39, 0.29) is 5.91 Å². The molecule has 0 fully saturated rings. The molecular weight excluding hydrogens is 450 g/mol. The fraction of sp³-hybridized carbons (Fsp3) is 0.120. The lowest BCUT2D eigenvalue weighted by Gasteiger charge is -2.12. The lowest BCUT2D eigenvalue weighted by molar-refractivity contribution is 0.102. The SMILES string of the molecule is COc1ccc(-c2nn3c(C)nnc3s2)cc1NC(=O)c1cccc(OCc2ccccc2)c1. The van der Waals surface area contributed by atoms with Gasteiger partial charge in [0, 0.05) is 11.1 Å². The number of methoxy groups -OCH3 is 1. The van der Waals surface area contributed by atoms with Gasteiger partial charge in [-0.3, -0.25) is 4.79 Å². The molecule has 170 valence electrons. The number of hydrogen-bond acceptors (Lipinski definition) is 7. The first kappa shape index (κ1) is 21.6. The van der Waals surface area contributed by atoms with Crippen LogP contribution in [-0.4, -0.2) is 32.8 Å². The van der Waals surface area contributed by atoms with Crippen molar-refractivity contribution in [3.05, 3.63) is 89.7 Å². The smallest absolute Gasteiger partial charge is 0.255 e. The number of nitrogens with zero attached hydrogens (tertiary/aromatic N) is 4. The zero-order valence-electron chi connectivity index (χ0n) is 18.6. The minimum Gasteiger partial charge on any atom is -0.495 e. The lowest BCUT2D eigenvalue weighted by atomic mass is 10.1. The first-order valence-corrected chi connectivity index (χ1v) is 11.4. The maximum Gasteiger partial charge on any atom is 0.255 e. The number of rotatable bonds is 7. The Labute approximate surface area is 199 Å². The van der Waals surface area contributed by atoms with Crippen LogP contribution in [0.15, 0.2) is 72.8 Å². The zero-order valence-corrected chi connectivity index (χ0v) is 19.4. The second kappa shape index (κ2) is 9.32. The van der Waals surface area contributed by atoms with Crippen molar-refractivity contribution >= 4 is 27.9 Å². The van der Waals surface area contributed by atoms with Gasteiger partial charge in [0.25, 0.3) is 5.91 Å². The summed E-state index contributed by atoms with van der Waals surface area (Å²) in [4.78, 5) is 13.8. The molecule has 0 aliphatic rings. The Morgan fingerprint density at radius 2 is 1.88 bits per heavy atom. The quantitative estimate of drug-likeness (QED) is 0.359. The van der Waals surface area contributed by atoms with Crippen molar-refractivity contribution in [2.75, 3.05) is 12.4 Å². The van der Waals surface area contributed by atoms with Gasteiger partial charge in [0.15, 0.2) is 5.82 Å². The second-order valence-electron chi connectivity index (χ2n) is 7.52. The summed E-state index contributed by atoms with van der Waals surface area (Å²) >= 11 is 1.42. The Balaban J connectivity index is 1.36. The summed E-state index contributed by atoms with van der Waals surface area (Å²) in [5, 5.41) is 16.4. The Bertz CT molecular complexity index is 1460. The second-order valence-corrected chi connectivity index (χ2v) is 8.48. The molecule has 5 aromatic rings. The highest BCUT2D eigenvalue weighted by molar-refractivity contribution is 7.19. The van der Waals surface area contributed by atoms with E-state index in [1.165, 1.54) is 11.3 Å². The Morgan fingerprint density at radius 3 is 2.68 bits per heavy atom. The molecule has 5 rings (SSSR count). The van der Waals surface area contributed by atoms with Gasteiger partial charge in [-0.05, 0) is 48.9 Å². The number of benzene rings is 3. The molecule has 0 aliphatic heterocycles. The van der Waals surface area contributed by atoms with Crippen LogP contribution in [0, 0.1) is 6.92 Å². The number of anilines is 1. The van der Waals surface area contributed by atoms with E-state index in [4.69, 9.17) is 9.47 Å². The van der Waals surface area contributed by atoms with Crippen LogP contribution in [0.25, 0.3) is 15.5 Å². The normalized spacial score (nSPS) is 10.9. The first-order chi connectivity index (χ1) is 16.6. The van der Waals surface area contributed by atoms with Gasteiger partial charge in [-0.25, -0.2) is 0 Å². The molecule has 0 atom stereocenters. The monoisotopic (exact) mass is 471 g/mol. The predicted molar refractivity (Wildman–Crippen MR) is 131 cm³/mol. The van der Waals surface area contributed by atoms with E-state index in [9.17, 15) is 4.79 Å². The summed E-state index contributed by atoms with van der Waals surface area (Å²) in [5.74, 6) is 1.61. The fourth-order valence-electron chi connectivity index (χ4n) is 3.43. The van der Waals surface area contributed by atoms with Crippen LogP contribution in [0.3, 0.4) is 0 Å². The molecule has 34 heavy (non-hydrogen) atoms. The molecule has 1 amide bonds. The molecule has 1 N–H and O–H groups in total. The minimum absolute atomic E-state index is 0.269. The average Bonchev–Trinajstić information content (AvgIpc) is 3.45. The van der Waals surface area contributed by atoms with Gasteiger partial charge < -0.3 is 14.8 Å². The number of amides is 1. The summed E-state index contributed by atoms with van der Waals surface area (Å²) in [6.45, 7) is 2.27. The molecule has 0 bridgehead atoms. The summed E-state index contributed by atoms with van der Waals surface area (Å²) in [6, 6.07) is 22.5. The van der Waals surface area contributed by atoms with Crippen LogP contribution < -0.4 is 14.8 Å². The Morgan fingerprint density at radius 1 is 1.03 bits per heavy atom. The van der Waals surface area contributed by atoms with Gasteiger partial charge in [-0.2, -0.15) is 9.61 Å². The van der Waals surface area contributed by atoms with Crippen LogP contribution >= 0.6 is 11.3 Å². The third-order valence-electron chi connectivity index (χ3n) is 5.19. The van der Waals surface area contributed by atoms with Gasteiger partial charge in [0.05, 0.1) is 12.8 Å². The molecule has 0 saturated carbocycles. The molecule has 2 heterocycles. The van der Waals surface area contributed by atoms with Crippen molar-refractivity contribution in [1.82, 2.24) is 19.8 Å². The van der Waals surface area contributed by atoms with Crippen LogP contribution in [0.2, 0.25) is 0 Å². The number of hydrogen-bond donors (Lipinski definition) is 1. The molecule has 2 aromatic heterocycles. The highest BCUT2D eigenvalue weighted by Gasteiger charge is 2.15. The zero-order chi connectivity index (χ0) is 23.5. The standard InChI is InChI=1S/C25H21N5O3S/c1-16-27-28-25-30(16)29-24(34-25)19-11-12-22(32-2)21(14-19)26-23(31)18-9-6-10-20(13-18)33-15-17-7-4-3-5-8-17/h3-14H,15H2,1-2H3,(H,26,31). The average molecular weight is 472 g/mol. The van der Waals surface area contributed by atoms with Crippen molar-refractivity contribution < 1.29 is 14.3 Å². The first-order valence-electron chi connectivity index (χ1n) is 10.6. The lowest BCUT2D eigenvalue weighted by Crippen LogP contribution is -2.13. The molecule has 0 radical (unpaired) electrons. The molecule has 3 aromatic carbocycles. The van der Waals surface area contributed by atoms with Gasteiger partial charge in [-0.15, -0.1) is 10.2 Å². The summed E-state index contributed by atoms with van der Waals surface area (Å²) < 4.78 is 13.0. The maximum atomic E-state index is 13.0. The highest BCUT2D eigenvalue weighted by atomic mass is 32.1. The summed E-state index contributed by atoms with van der Waals surface area (Å²) in [6.07, 6.45) is 0. The predicted octanol–water partition coefficient (Wildman–Crippen LogP) is 5.00. The minimum atomic E-state index is -0.269. The maximum absolute atomic E-state index is 13.0. The van der Waals surface area contributed by atoms with Gasteiger partial charge in [0.2, 0.25) is 4.96 Å². The number of carbonyl (C=O) groups is 1. The molecular formula is C25H21N5O3S. The molecule has 0 aliphatic carbocycles. The molecule has 0 spiro atoms. The van der Waals surface area contributed by atoms with Crippen LogP contribution in [0.5, 0.6) is 11.5 Å². The Hall–Kier alpha value is -4.24. The van der Waals surface area contributed by atoms with E-state index < -0.39 is 0 Å². The summed E-state index contributed by atoms with van der Waals surface area (Å²) in [5.41, 5.74) is 2.92. The van der Waals surface area contributed by atoms with E-state index in [0.717, 1.165) is 16.1 Å². The third-order valence-corrected chi connectivity index (χ3v) is 6.13. The molecule has 0 saturated heterocycles. The summed E-state index contributed by atoms with van der Waals surface area (Å²) in [7, 11) is 1.56. The van der Waals surface area contributed by atoms with Crippen molar-refractivity contribution in [2.24, 2.45) is 0 Å². The topological polar surface area (TPSA) is 90.6 Å². The number of carbonyl (C=O) groups excluding carboxylic acids is 1. The fourth-order valence-corrected chi connectivity index (χ4v) is 4.31. The number of aromatic nitrogens is 4. The number of fused-ring (bicyclic) bond motifs is 1. The Kier molecular flexibility index (Phi) is 5.92. The van der Waals surface area contributed by atoms with E-state index in [2.05, 4.69) is 20.6 Å². The largest absolute Gasteiger partial charge is 0.495 e. The molecule has 0 unspecified atom stereocenters. The van der Waals surface area contributed by atoms with Crippen LogP contribution in [0.1, 0.15) is 21.7 Å². The van der Waals surface area contributed by atoms with E-state index in [1.54, 1.807) is 35.9 Å². The van der Waals surface area contributed by atoms with E-state index >= 15 is 0 Å². The van der Waals surface area contributed by atoms with Crippen molar-refractivity contribution in [1.29, 1.82) is 0 Å². The van der Waals surface area contributed by atoms with Crippen molar-refractivity contribution in [3.8, 4) is 22.1 Å².